The fourth-order valence-electron chi connectivity index (χ4n) is 4.53. The molecule has 1 saturated heterocycles. The van der Waals surface area contributed by atoms with Crippen LogP contribution in [0.15, 0.2) is 24.4 Å². The first-order valence-electron chi connectivity index (χ1n) is 10.9. The van der Waals surface area contributed by atoms with Crippen molar-refractivity contribution >= 4 is 11.7 Å². The third kappa shape index (κ3) is 4.61. The van der Waals surface area contributed by atoms with Gasteiger partial charge in [-0.2, -0.15) is 0 Å². The number of methoxy groups -OCH3 is 1. The second-order valence-electron chi connectivity index (χ2n) is 8.24. The van der Waals surface area contributed by atoms with Gasteiger partial charge in [0, 0.05) is 68.8 Å². The molecule has 1 amide bonds. The first-order chi connectivity index (χ1) is 14.7. The summed E-state index contributed by atoms with van der Waals surface area (Å²) in [6, 6.07) is 6.07. The van der Waals surface area contributed by atoms with Gasteiger partial charge in [0.05, 0.1) is 0 Å². The summed E-state index contributed by atoms with van der Waals surface area (Å²) in [5, 5.41) is 0. The molecular weight excluding hydrogens is 378 g/mol. The SMILES string of the molecule is COCC(=O)N1CCC[C@H](c2nc(C)c3c(n2)N(CCc2ccccn2)CCC3)C1. The number of fused-ring (bicyclic) bond motifs is 1. The molecule has 4 rings (SSSR count). The Morgan fingerprint density at radius 2 is 2.13 bits per heavy atom. The Morgan fingerprint density at radius 1 is 1.23 bits per heavy atom. The van der Waals surface area contributed by atoms with Crippen molar-refractivity contribution in [3.63, 3.8) is 0 Å². The Kier molecular flexibility index (Phi) is 6.57. The van der Waals surface area contributed by atoms with Crippen molar-refractivity contribution < 1.29 is 9.53 Å². The number of carbonyl (C=O) groups is 1. The molecule has 7 nitrogen and oxygen atoms in total. The molecule has 0 aromatic carbocycles. The molecule has 0 bridgehead atoms. The summed E-state index contributed by atoms with van der Waals surface area (Å²) >= 11 is 0. The monoisotopic (exact) mass is 409 g/mol. The molecule has 0 saturated carbocycles. The second kappa shape index (κ2) is 9.51. The number of ether oxygens (including phenoxy) is 1. The van der Waals surface area contributed by atoms with E-state index < -0.39 is 0 Å². The highest BCUT2D eigenvalue weighted by molar-refractivity contribution is 5.77. The second-order valence-corrected chi connectivity index (χ2v) is 8.24. The molecule has 0 radical (unpaired) electrons. The molecule has 160 valence electrons. The molecule has 4 heterocycles. The van der Waals surface area contributed by atoms with Crippen LogP contribution in [0.1, 0.15) is 48.0 Å². The highest BCUT2D eigenvalue weighted by Gasteiger charge is 2.29. The lowest BCUT2D eigenvalue weighted by Crippen LogP contribution is -2.41. The minimum absolute atomic E-state index is 0.0499. The van der Waals surface area contributed by atoms with Gasteiger partial charge in [-0.15, -0.1) is 0 Å². The topological polar surface area (TPSA) is 71.5 Å². The van der Waals surface area contributed by atoms with E-state index in [1.165, 1.54) is 5.56 Å². The number of carbonyl (C=O) groups excluding carboxylic acids is 1. The fourth-order valence-corrected chi connectivity index (χ4v) is 4.53. The molecule has 30 heavy (non-hydrogen) atoms. The van der Waals surface area contributed by atoms with Gasteiger partial charge in [0.25, 0.3) is 0 Å². The van der Waals surface area contributed by atoms with Crippen LogP contribution < -0.4 is 4.90 Å². The Hall–Kier alpha value is -2.54. The number of nitrogens with zero attached hydrogens (tertiary/aromatic N) is 5. The zero-order chi connectivity index (χ0) is 20.9. The summed E-state index contributed by atoms with van der Waals surface area (Å²) in [6.07, 6.45) is 6.91. The van der Waals surface area contributed by atoms with E-state index in [9.17, 15) is 4.79 Å². The number of hydrogen-bond donors (Lipinski definition) is 0. The van der Waals surface area contributed by atoms with E-state index in [0.29, 0.717) is 6.54 Å². The van der Waals surface area contributed by atoms with Crippen molar-refractivity contribution in [2.45, 2.75) is 44.9 Å². The molecule has 2 aliphatic rings. The number of hydrogen-bond acceptors (Lipinski definition) is 6. The number of aryl methyl sites for hydroxylation is 1. The predicted octanol–water partition coefficient (Wildman–Crippen LogP) is 2.53. The zero-order valence-electron chi connectivity index (χ0n) is 18.0. The van der Waals surface area contributed by atoms with Gasteiger partial charge in [0.15, 0.2) is 0 Å². The van der Waals surface area contributed by atoms with Gasteiger partial charge < -0.3 is 14.5 Å². The molecule has 2 aromatic rings. The van der Waals surface area contributed by atoms with Crippen LogP contribution in [0.5, 0.6) is 0 Å². The number of likely N-dealkylation sites (tertiary alicyclic amines) is 1. The highest BCUT2D eigenvalue weighted by Crippen LogP contribution is 2.31. The number of pyridine rings is 1. The Labute approximate surface area is 178 Å². The Balaban J connectivity index is 1.53. The number of anilines is 1. The largest absolute Gasteiger partial charge is 0.375 e. The van der Waals surface area contributed by atoms with Gasteiger partial charge in [0.2, 0.25) is 5.91 Å². The van der Waals surface area contributed by atoms with Crippen LogP contribution in [0, 0.1) is 6.92 Å². The van der Waals surface area contributed by atoms with Gasteiger partial charge in [-0.1, -0.05) is 6.07 Å². The summed E-state index contributed by atoms with van der Waals surface area (Å²) in [6.45, 7) is 5.62. The highest BCUT2D eigenvalue weighted by atomic mass is 16.5. The first-order valence-corrected chi connectivity index (χ1v) is 10.9. The molecule has 0 spiro atoms. The van der Waals surface area contributed by atoms with Crippen molar-refractivity contribution in [3.8, 4) is 0 Å². The Bertz CT molecular complexity index is 873. The van der Waals surface area contributed by atoms with E-state index in [0.717, 1.165) is 74.8 Å². The van der Waals surface area contributed by atoms with Crippen LogP contribution in [0.4, 0.5) is 5.82 Å². The third-order valence-corrected chi connectivity index (χ3v) is 6.13. The quantitative estimate of drug-likeness (QED) is 0.730. The van der Waals surface area contributed by atoms with E-state index in [4.69, 9.17) is 14.7 Å². The van der Waals surface area contributed by atoms with E-state index in [1.807, 2.05) is 23.2 Å². The predicted molar refractivity (Wildman–Crippen MR) is 116 cm³/mol. The fraction of sp³-hybridized carbons (Fsp3) is 0.565. The van der Waals surface area contributed by atoms with Crippen LogP contribution in [-0.4, -0.2) is 65.7 Å². The summed E-state index contributed by atoms with van der Waals surface area (Å²) in [5.41, 5.74) is 3.46. The molecular formula is C23H31N5O2. The van der Waals surface area contributed by atoms with Crippen LogP contribution in [-0.2, 0) is 22.4 Å². The van der Waals surface area contributed by atoms with Gasteiger partial charge in [0.1, 0.15) is 18.2 Å². The zero-order valence-corrected chi connectivity index (χ0v) is 18.0. The van der Waals surface area contributed by atoms with Crippen molar-refractivity contribution in [2.24, 2.45) is 0 Å². The van der Waals surface area contributed by atoms with Crippen LogP contribution in [0.2, 0.25) is 0 Å². The van der Waals surface area contributed by atoms with E-state index in [-0.39, 0.29) is 18.4 Å². The van der Waals surface area contributed by atoms with Crippen molar-refractivity contribution in [1.82, 2.24) is 19.9 Å². The summed E-state index contributed by atoms with van der Waals surface area (Å²) in [7, 11) is 1.56. The van der Waals surface area contributed by atoms with E-state index in [2.05, 4.69) is 22.9 Å². The van der Waals surface area contributed by atoms with Crippen LogP contribution >= 0.6 is 0 Å². The lowest BCUT2D eigenvalue weighted by Gasteiger charge is -2.34. The lowest BCUT2D eigenvalue weighted by atomic mass is 9.96. The maximum Gasteiger partial charge on any atom is 0.248 e. The number of amides is 1. The van der Waals surface area contributed by atoms with Crippen LogP contribution in [0.25, 0.3) is 0 Å². The van der Waals surface area contributed by atoms with Gasteiger partial charge >= 0.3 is 0 Å². The molecule has 1 atom stereocenters. The third-order valence-electron chi connectivity index (χ3n) is 6.13. The number of rotatable bonds is 6. The lowest BCUT2D eigenvalue weighted by molar-refractivity contribution is -0.136. The maximum atomic E-state index is 12.3. The maximum absolute atomic E-state index is 12.3. The van der Waals surface area contributed by atoms with Crippen molar-refractivity contribution in [3.05, 3.63) is 47.2 Å². The normalized spacial score (nSPS) is 18.9. The van der Waals surface area contributed by atoms with E-state index >= 15 is 0 Å². The smallest absolute Gasteiger partial charge is 0.248 e. The molecule has 2 aliphatic heterocycles. The minimum Gasteiger partial charge on any atom is -0.375 e. The molecule has 1 fully saturated rings. The van der Waals surface area contributed by atoms with Crippen molar-refractivity contribution in [1.29, 1.82) is 0 Å². The Morgan fingerprint density at radius 3 is 2.93 bits per heavy atom. The molecule has 0 unspecified atom stereocenters. The summed E-state index contributed by atoms with van der Waals surface area (Å²) in [5.74, 6) is 2.20. The van der Waals surface area contributed by atoms with Gasteiger partial charge in [-0.3, -0.25) is 9.78 Å². The molecule has 0 aliphatic carbocycles. The van der Waals surface area contributed by atoms with Crippen LogP contribution in [0.3, 0.4) is 0 Å². The minimum atomic E-state index is 0.0499. The molecule has 0 N–H and O–H groups in total. The summed E-state index contributed by atoms with van der Waals surface area (Å²) < 4.78 is 5.03. The molecule has 2 aromatic heterocycles. The number of piperidine rings is 1. The van der Waals surface area contributed by atoms with E-state index in [1.54, 1.807) is 7.11 Å². The summed E-state index contributed by atoms with van der Waals surface area (Å²) in [4.78, 5) is 31.0. The average molecular weight is 410 g/mol. The van der Waals surface area contributed by atoms with Gasteiger partial charge in [-0.05, 0) is 44.7 Å². The standard InChI is InChI=1S/C23H31N5O2/c1-17-20-9-6-12-27(14-10-19-8-3-4-11-24-19)23(20)26-22(25-17)18-7-5-13-28(15-18)21(29)16-30-2/h3-4,8,11,18H,5-7,9-10,12-16H2,1-2H3/t18-/m0/s1. The average Bonchev–Trinajstić information content (AvgIpc) is 2.78. The number of aromatic nitrogens is 3. The molecule has 7 heteroatoms. The first kappa shape index (κ1) is 20.7. The van der Waals surface area contributed by atoms with Crippen molar-refractivity contribution in [2.75, 3.05) is 44.8 Å². The van der Waals surface area contributed by atoms with Gasteiger partial charge in [-0.25, -0.2) is 9.97 Å².